The molecule has 2 aromatic rings. The molecule has 1 atom stereocenters. The van der Waals surface area contributed by atoms with E-state index in [1.165, 1.54) is 0 Å². The van der Waals surface area contributed by atoms with Gasteiger partial charge in [-0.1, -0.05) is 0 Å². The number of furan rings is 1. The lowest BCUT2D eigenvalue weighted by molar-refractivity contribution is 0.494. The predicted molar refractivity (Wildman–Crippen MR) is 74.2 cm³/mol. The van der Waals surface area contributed by atoms with Gasteiger partial charge in [-0.05, 0) is 47.5 Å². The fourth-order valence-electron chi connectivity index (χ4n) is 1.78. The van der Waals surface area contributed by atoms with Gasteiger partial charge in [-0.3, -0.25) is 0 Å². The molecule has 0 spiro atoms. The van der Waals surface area contributed by atoms with E-state index in [0.29, 0.717) is 0 Å². The third kappa shape index (κ3) is 3.80. The third-order valence-electron chi connectivity index (χ3n) is 2.82. The predicted octanol–water partition coefficient (Wildman–Crippen LogP) is 4.75. The standard InChI is InChI=1S/C14H14BrF2NO/c1-9(4-5-10-3-2-6-19-10)18-14-8-12(16)11(15)7-13(14)17/h2-3,6-9,18H,4-5H2,1H3. The minimum absolute atomic E-state index is 0.0141. The molecule has 0 aliphatic carbocycles. The summed E-state index contributed by atoms with van der Waals surface area (Å²) in [6, 6.07) is 6.02. The second-order valence-electron chi connectivity index (χ2n) is 4.41. The van der Waals surface area contributed by atoms with Gasteiger partial charge in [0.15, 0.2) is 0 Å². The first-order chi connectivity index (χ1) is 9.06. The molecule has 1 aromatic heterocycles. The highest BCUT2D eigenvalue weighted by atomic mass is 79.9. The van der Waals surface area contributed by atoms with Gasteiger partial charge in [-0.25, -0.2) is 8.78 Å². The van der Waals surface area contributed by atoms with Crippen LogP contribution in [0.15, 0.2) is 39.4 Å². The number of benzene rings is 1. The van der Waals surface area contributed by atoms with E-state index in [2.05, 4.69) is 21.2 Å². The second-order valence-corrected chi connectivity index (χ2v) is 5.26. The summed E-state index contributed by atoms with van der Waals surface area (Å²) in [6.07, 6.45) is 3.14. The maximum absolute atomic E-state index is 13.6. The molecule has 0 amide bonds. The first-order valence-electron chi connectivity index (χ1n) is 5.99. The molecule has 0 fully saturated rings. The van der Waals surface area contributed by atoms with Crippen LogP contribution in [0.5, 0.6) is 0 Å². The second kappa shape index (κ2) is 6.19. The summed E-state index contributed by atoms with van der Waals surface area (Å²) in [5.74, 6) is -0.0728. The Labute approximate surface area is 118 Å². The summed E-state index contributed by atoms with van der Waals surface area (Å²) in [7, 11) is 0. The Morgan fingerprint density at radius 1 is 1.32 bits per heavy atom. The first-order valence-corrected chi connectivity index (χ1v) is 6.79. The van der Waals surface area contributed by atoms with Crippen LogP contribution in [0.25, 0.3) is 0 Å². The van der Waals surface area contributed by atoms with Crippen LogP contribution in [0.3, 0.4) is 0 Å². The van der Waals surface area contributed by atoms with Crippen molar-refractivity contribution in [3.63, 3.8) is 0 Å². The number of rotatable bonds is 5. The summed E-state index contributed by atoms with van der Waals surface area (Å²) >= 11 is 2.95. The molecule has 102 valence electrons. The molecular weight excluding hydrogens is 316 g/mol. The Hall–Kier alpha value is -1.36. The van der Waals surface area contributed by atoms with Crippen LogP contribution >= 0.6 is 15.9 Å². The highest BCUT2D eigenvalue weighted by molar-refractivity contribution is 9.10. The van der Waals surface area contributed by atoms with Crippen molar-refractivity contribution in [2.24, 2.45) is 0 Å². The Morgan fingerprint density at radius 2 is 2.11 bits per heavy atom. The van der Waals surface area contributed by atoms with Crippen molar-refractivity contribution >= 4 is 21.6 Å². The summed E-state index contributed by atoms with van der Waals surface area (Å²) in [5.41, 5.74) is 0.174. The quantitative estimate of drug-likeness (QED) is 0.800. The van der Waals surface area contributed by atoms with E-state index in [4.69, 9.17) is 4.42 Å². The summed E-state index contributed by atoms with van der Waals surface area (Å²) in [6.45, 7) is 1.92. The van der Waals surface area contributed by atoms with Gasteiger partial charge in [0.25, 0.3) is 0 Å². The minimum Gasteiger partial charge on any atom is -0.469 e. The van der Waals surface area contributed by atoms with E-state index in [0.717, 1.165) is 30.7 Å². The average Bonchev–Trinajstić information content (AvgIpc) is 2.86. The molecule has 5 heteroatoms. The fourth-order valence-corrected chi connectivity index (χ4v) is 2.10. The number of hydrogen-bond donors (Lipinski definition) is 1. The zero-order valence-corrected chi connectivity index (χ0v) is 12.0. The highest BCUT2D eigenvalue weighted by Gasteiger charge is 2.11. The number of halogens is 3. The van der Waals surface area contributed by atoms with Gasteiger partial charge in [0.2, 0.25) is 0 Å². The van der Waals surface area contributed by atoms with Crippen LogP contribution < -0.4 is 5.32 Å². The van der Waals surface area contributed by atoms with Gasteiger partial charge in [0.05, 0.1) is 16.4 Å². The van der Waals surface area contributed by atoms with Crippen molar-refractivity contribution in [1.82, 2.24) is 0 Å². The van der Waals surface area contributed by atoms with E-state index < -0.39 is 11.6 Å². The van der Waals surface area contributed by atoms with Gasteiger partial charge >= 0.3 is 0 Å². The van der Waals surface area contributed by atoms with Crippen LogP contribution in [0.1, 0.15) is 19.1 Å². The molecular formula is C14H14BrF2NO. The van der Waals surface area contributed by atoms with Crippen molar-refractivity contribution in [1.29, 1.82) is 0 Å². The number of aryl methyl sites for hydroxylation is 1. The van der Waals surface area contributed by atoms with Gasteiger partial charge in [0, 0.05) is 18.5 Å². The molecule has 0 radical (unpaired) electrons. The molecule has 1 unspecified atom stereocenters. The fraction of sp³-hybridized carbons (Fsp3) is 0.286. The maximum atomic E-state index is 13.6. The smallest absolute Gasteiger partial charge is 0.147 e. The molecule has 19 heavy (non-hydrogen) atoms. The summed E-state index contributed by atoms with van der Waals surface area (Å²) < 4.78 is 32.3. The molecule has 2 rings (SSSR count). The van der Waals surface area contributed by atoms with E-state index in [1.807, 2.05) is 19.1 Å². The number of anilines is 1. The van der Waals surface area contributed by atoms with Gasteiger partial charge in [-0.2, -0.15) is 0 Å². The molecule has 2 nitrogen and oxygen atoms in total. The van der Waals surface area contributed by atoms with Crippen LogP contribution in [-0.4, -0.2) is 6.04 Å². The van der Waals surface area contributed by atoms with Crippen molar-refractivity contribution < 1.29 is 13.2 Å². The van der Waals surface area contributed by atoms with Crippen LogP contribution in [0, 0.1) is 11.6 Å². The van der Waals surface area contributed by atoms with Crippen LogP contribution in [0.2, 0.25) is 0 Å². The van der Waals surface area contributed by atoms with Crippen molar-refractivity contribution in [2.75, 3.05) is 5.32 Å². The van der Waals surface area contributed by atoms with Crippen LogP contribution in [-0.2, 0) is 6.42 Å². The Bertz CT molecular complexity index is 543. The van der Waals surface area contributed by atoms with E-state index in [-0.39, 0.29) is 16.2 Å². The van der Waals surface area contributed by atoms with Crippen LogP contribution in [0.4, 0.5) is 14.5 Å². The third-order valence-corrected chi connectivity index (χ3v) is 3.42. The van der Waals surface area contributed by atoms with E-state index in [1.54, 1.807) is 6.26 Å². The lowest BCUT2D eigenvalue weighted by Gasteiger charge is -2.15. The minimum atomic E-state index is -0.484. The van der Waals surface area contributed by atoms with Crippen molar-refractivity contribution in [3.8, 4) is 0 Å². The lowest BCUT2D eigenvalue weighted by atomic mass is 10.1. The largest absolute Gasteiger partial charge is 0.469 e. The lowest BCUT2D eigenvalue weighted by Crippen LogP contribution is -2.17. The Morgan fingerprint density at radius 3 is 2.79 bits per heavy atom. The normalized spacial score (nSPS) is 12.4. The van der Waals surface area contributed by atoms with Gasteiger partial charge in [0.1, 0.15) is 17.4 Å². The Balaban J connectivity index is 1.95. The zero-order valence-electron chi connectivity index (χ0n) is 10.4. The topological polar surface area (TPSA) is 25.2 Å². The van der Waals surface area contributed by atoms with Gasteiger partial charge < -0.3 is 9.73 Å². The molecule has 0 bridgehead atoms. The molecule has 1 N–H and O–H groups in total. The number of nitrogens with one attached hydrogen (secondary N) is 1. The van der Waals surface area contributed by atoms with Gasteiger partial charge in [-0.15, -0.1) is 0 Å². The van der Waals surface area contributed by atoms with E-state index >= 15 is 0 Å². The molecule has 1 aromatic carbocycles. The molecule has 1 heterocycles. The van der Waals surface area contributed by atoms with Crippen molar-refractivity contribution in [3.05, 3.63) is 52.4 Å². The highest BCUT2D eigenvalue weighted by Crippen LogP contribution is 2.24. The molecule has 0 aliphatic heterocycles. The van der Waals surface area contributed by atoms with E-state index in [9.17, 15) is 8.78 Å². The average molecular weight is 330 g/mol. The molecule has 0 saturated carbocycles. The molecule has 0 aliphatic rings. The summed E-state index contributed by atoms with van der Waals surface area (Å²) in [5, 5.41) is 2.96. The zero-order chi connectivity index (χ0) is 13.8. The maximum Gasteiger partial charge on any atom is 0.147 e. The monoisotopic (exact) mass is 329 g/mol. The van der Waals surface area contributed by atoms with Crippen molar-refractivity contribution in [2.45, 2.75) is 25.8 Å². The Kier molecular flexibility index (Phi) is 4.58. The first kappa shape index (κ1) is 14.1. The summed E-state index contributed by atoms with van der Waals surface area (Å²) in [4.78, 5) is 0. The number of hydrogen-bond acceptors (Lipinski definition) is 2. The molecule has 0 saturated heterocycles. The SMILES string of the molecule is CC(CCc1ccco1)Nc1cc(F)c(Br)cc1F.